The van der Waals surface area contributed by atoms with Gasteiger partial charge in [0.25, 0.3) is 0 Å². The highest BCUT2D eigenvalue weighted by atomic mass is 19.4. The number of halogens is 3. The van der Waals surface area contributed by atoms with Crippen molar-refractivity contribution in [2.24, 2.45) is 0 Å². The number of benzene rings is 2. The van der Waals surface area contributed by atoms with Crippen LogP contribution in [-0.4, -0.2) is 40.7 Å². The molecule has 0 saturated heterocycles. The van der Waals surface area contributed by atoms with Crippen molar-refractivity contribution in [3.8, 4) is 28.5 Å². The van der Waals surface area contributed by atoms with E-state index < -0.39 is 24.6 Å². The van der Waals surface area contributed by atoms with E-state index in [0.717, 1.165) is 6.07 Å². The Balaban J connectivity index is 1.66. The van der Waals surface area contributed by atoms with Crippen molar-refractivity contribution in [2.45, 2.75) is 6.36 Å². The number of aliphatic carboxylic acids is 1. The van der Waals surface area contributed by atoms with Gasteiger partial charge in [-0.2, -0.15) is 4.98 Å². The number of alkyl halides is 3. The van der Waals surface area contributed by atoms with Crippen LogP contribution in [0.1, 0.15) is 0 Å². The van der Waals surface area contributed by atoms with Crippen molar-refractivity contribution in [1.82, 2.24) is 9.97 Å². The minimum Gasteiger partial charge on any atom is -0.480 e. The van der Waals surface area contributed by atoms with Crippen LogP contribution < -0.4 is 24.8 Å². The Morgan fingerprint density at radius 3 is 2.69 bits per heavy atom. The third-order valence-corrected chi connectivity index (χ3v) is 4.13. The molecule has 1 aliphatic rings. The fraction of sp³-hybridized carbons (Fsp3) is 0.150. The van der Waals surface area contributed by atoms with Gasteiger partial charge in [0.05, 0.1) is 5.69 Å². The molecule has 0 unspecified atom stereocenters. The number of fused-ring (bicyclic) bond motifs is 1. The topological polar surface area (TPSA) is 115 Å². The van der Waals surface area contributed by atoms with Crippen LogP contribution in [0.15, 0.2) is 48.5 Å². The molecule has 1 aromatic heterocycles. The van der Waals surface area contributed by atoms with Crippen LogP contribution in [0.3, 0.4) is 0 Å². The van der Waals surface area contributed by atoms with Gasteiger partial charge in [0.15, 0.2) is 11.5 Å². The lowest BCUT2D eigenvalue weighted by atomic mass is 10.1. The standard InChI is InChI=1S/C20H15F3N4O5/c21-20(22,23)32-13-3-1-2-11(6-13)14-8-17(27-19(26-14)24-9-18(28)29)25-12-4-5-15-16(7-12)31-10-30-15/h1-8H,9-10H2,(H,28,29)(H2,24,25,26,27). The Bertz CT molecular complexity index is 1160. The van der Waals surface area contributed by atoms with Crippen molar-refractivity contribution < 1.29 is 37.3 Å². The summed E-state index contributed by atoms with van der Waals surface area (Å²) in [7, 11) is 0. The molecule has 12 heteroatoms. The van der Waals surface area contributed by atoms with Gasteiger partial charge in [-0.3, -0.25) is 4.79 Å². The average molecular weight is 448 g/mol. The fourth-order valence-corrected chi connectivity index (χ4v) is 2.87. The number of carboxylic acids is 1. The van der Waals surface area contributed by atoms with Crippen molar-refractivity contribution >= 4 is 23.4 Å². The molecule has 3 aromatic rings. The van der Waals surface area contributed by atoms with E-state index in [1.54, 1.807) is 18.2 Å². The molecule has 0 radical (unpaired) electrons. The Morgan fingerprint density at radius 1 is 1.09 bits per heavy atom. The number of carboxylic acid groups (broad SMARTS) is 1. The maximum atomic E-state index is 12.6. The highest BCUT2D eigenvalue weighted by Gasteiger charge is 2.31. The Morgan fingerprint density at radius 2 is 1.91 bits per heavy atom. The molecule has 0 aliphatic carbocycles. The second-order valence-corrected chi connectivity index (χ2v) is 6.48. The van der Waals surface area contributed by atoms with Gasteiger partial charge in [-0.25, -0.2) is 4.98 Å². The minimum atomic E-state index is -4.84. The number of carbonyl (C=O) groups is 1. The quantitative estimate of drug-likeness (QED) is 0.493. The summed E-state index contributed by atoms with van der Waals surface area (Å²) in [6.45, 7) is -0.347. The summed E-state index contributed by atoms with van der Waals surface area (Å²) in [6, 6.07) is 11.9. The second kappa shape index (κ2) is 8.49. The Labute approximate surface area is 178 Å². The number of nitrogens with zero attached hydrogens (tertiary/aromatic N) is 2. The summed E-state index contributed by atoms with van der Waals surface area (Å²) in [4.78, 5) is 19.3. The van der Waals surface area contributed by atoms with Crippen molar-refractivity contribution in [3.05, 3.63) is 48.5 Å². The maximum absolute atomic E-state index is 12.6. The Hall–Kier alpha value is -4.22. The van der Waals surface area contributed by atoms with E-state index in [-0.39, 0.29) is 24.3 Å². The minimum absolute atomic E-state index is 0.0321. The molecule has 0 bridgehead atoms. The zero-order valence-electron chi connectivity index (χ0n) is 16.1. The van der Waals surface area contributed by atoms with Crippen LogP contribution in [0.2, 0.25) is 0 Å². The van der Waals surface area contributed by atoms with Crippen molar-refractivity contribution in [2.75, 3.05) is 24.0 Å². The normalized spacial score (nSPS) is 12.3. The molecule has 3 N–H and O–H groups in total. The molecule has 9 nitrogen and oxygen atoms in total. The first-order valence-corrected chi connectivity index (χ1v) is 9.13. The van der Waals surface area contributed by atoms with Crippen LogP contribution in [-0.2, 0) is 4.79 Å². The average Bonchev–Trinajstić information content (AvgIpc) is 3.19. The number of aromatic nitrogens is 2. The van der Waals surface area contributed by atoms with E-state index >= 15 is 0 Å². The lowest BCUT2D eigenvalue weighted by Gasteiger charge is -2.13. The molecule has 4 rings (SSSR count). The second-order valence-electron chi connectivity index (χ2n) is 6.48. The fourth-order valence-electron chi connectivity index (χ4n) is 2.87. The molecular weight excluding hydrogens is 433 g/mol. The molecule has 0 saturated carbocycles. The first kappa shape index (κ1) is 21.0. The summed E-state index contributed by atoms with van der Waals surface area (Å²) < 4.78 is 52.3. The highest BCUT2D eigenvalue weighted by molar-refractivity contribution is 5.73. The Kier molecular flexibility index (Phi) is 5.58. The van der Waals surface area contributed by atoms with E-state index in [1.165, 1.54) is 24.3 Å². The number of nitrogens with one attached hydrogen (secondary N) is 2. The smallest absolute Gasteiger partial charge is 0.480 e. The molecule has 2 aromatic carbocycles. The van der Waals surface area contributed by atoms with E-state index in [4.69, 9.17) is 14.6 Å². The predicted molar refractivity (Wildman–Crippen MR) is 106 cm³/mol. The first-order valence-electron chi connectivity index (χ1n) is 9.13. The van der Waals surface area contributed by atoms with Gasteiger partial charge < -0.3 is 30.0 Å². The SMILES string of the molecule is O=C(O)CNc1nc(Nc2ccc3c(c2)OCO3)cc(-c2cccc(OC(F)(F)F)c2)n1. The van der Waals surface area contributed by atoms with Gasteiger partial charge in [0.1, 0.15) is 18.1 Å². The third-order valence-electron chi connectivity index (χ3n) is 4.13. The van der Waals surface area contributed by atoms with Gasteiger partial charge in [0.2, 0.25) is 12.7 Å². The van der Waals surface area contributed by atoms with Gasteiger partial charge >= 0.3 is 12.3 Å². The summed E-state index contributed by atoms with van der Waals surface area (Å²) in [6.07, 6.45) is -4.84. The monoisotopic (exact) mass is 448 g/mol. The number of hydrogen-bond acceptors (Lipinski definition) is 8. The molecule has 2 heterocycles. The van der Waals surface area contributed by atoms with E-state index in [2.05, 4.69) is 25.3 Å². The molecule has 0 spiro atoms. The molecule has 32 heavy (non-hydrogen) atoms. The molecule has 1 aliphatic heterocycles. The zero-order chi connectivity index (χ0) is 22.7. The van der Waals surface area contributed by atoms with Crippen LogP contribution in [0.4, 0.5) is 30.6 Å². The lowest BCUT2D eigenvalue weighted by Crippen LogP contribution is -2.17. The van der Waals surface area contributed by atoms with Crippen molar-refractivity contribution in [1.29, 1.82) is 0 Å². The van der Waals surface area contributed by atoms with Gasteiger partial charge in [-0.15, -0.1) is 13.2 Å². The summed E-state index contributed by atoms with van der Waals surface area (Å²) >= 11 is 0. The van der Waals surface area contributed by atoms with Crippen molar-refractivity contribution in [3.63, 3.8) is 0 Å². The number of hydrogen-bond donors (Lipinski definition) is 3. The van der Waals surface area contributed by atoms with Crippen LogP contribution >= 0.6 is 0 Å². The maximum Gasteiger partial charge on any atom is 0.573 e. The summed E-state index contributed by atoms with van der Waals surface area (Å²) in [5.74, 6) is -0.197. The van der Waals surface area contributed by atoms with Crippen LogP contribution in [0, 0.1) is 0 Å². The number of rotatable bonds is 7. The third kappa shape index (κ3) is 5.28. The molecule has 0 amide bonds. The lowest BCUT2D eigenvalue weighted by molar-refractivity contribution is -0.274. The van der Waals surface area contributed by atoms with Gasteiger partial charge in [0, 0.05) is 23.4 Å². The molecule has 166 valence electrons. The van der Waals surface area contributed by atoms with Gasteiger partial charge in [-0.1, -0.05) is 12.1 Å². The molecular formula is C20H15F3N4O5. The van der Waals surface area contributed by atoms with E-state index in [9.17, 15) is 18.0 Å². The summed E-state index contributed by atoms with van der Waals surface area (Å²) in [5.41, 5.74) is 1.14. The van der Waals surface area contributed by atoms with Gasteiger partial charge in [-0.05, 0) is 24.3 Å². The highest BCUT2D eigenvalue weighted by Crippen LogP contribution is 2.35. The van der Waals surface area contributed by atoms with Crippen LogP contribution in [0.5, 0.6) is 17.2 Å². The number of ether oxygens (including phenoxy) is 3. The first-order chi connectivity index (χ1) is 15.2. The zero-order valence-corrected chi connectivity index (χ0v) is 16.1. The van der Waals surface area contributed by atoms with Crippen LogP contribution in [0.25, 0.3) is 11.3 Å². The largest absolute Gasteiger partial charge is 0.573 e. The molecule has 0 atom stereocenters. The molecule has 0 fully saturated rings. The van der Waals surface area contributed by atoms with E-state index in [1.807, 2.05) is 0 Å². The number of anilines is 3. The summed E-state index contributed by atoms with van der Waals surface area (Å²) in [5, 5.41) is 14.5. The predicted octanol–water partition coefficient (Wildman–Crippen LogP) is 4.01. The van der Waals surface area contributed by atoms with E-state index in [0.29, 0.717) is 22.7 Å².